The Labute approximate surface area is 136 Å². The van der Waals surface area contributed by atoms with Crippen molar-refractivity contribution in [3.8, 4) is 11.3 Å². The van der Waals surface area contributed by atoms with E-state index in [9.17, 15) is 4.79 Å². The van der Waals surface area contributed by atoms with Gasteiger partial charge in [0, 0.05) is 16.3 Å². The summed E-state index contributed by atoms with van der Waals surface area (Å²) in [5.41, 5.74) is 3.25. The van der Waals surface area contributed by atoms with Crippen molar-refractivity contribution in [1.29, 1.82) is 0 Å². The van der Waals surface area contributed by atoms with E-state index in [1.54, 1.807) is 12.1 Å². The molecular formula is C16H12ClN3OS. The number of hydrogen-bond acceptors (Lipinski definition) is 4. The lowest BCUT2D eigenvalue weighted by Crippen LogP contribution is -2.11. The van der Waals surface area contributed by atoms with Gasteiger partial charge < -0.3 is 5.32 Å². The molecule has 0 spiro atoms. The van der Waals surface area contributed by atoms with Gasteiger partial charge in [0.1, 0.15) is 10.6 Å². The van der Waals surface area contributed by atoms with Crippen molar-refractivity contribution >= 4 is 34.7 Å². The van der Waals surface area contributed by atoms with E-state index in [0.717, 1.165) is 28.3 Å². The lowest BCUT2D eigenvalue weighted by Gasteiger charge is -2.05. The summed E-state index contributed by atoms with van der Waals surface area (Å²) in [4.78, 5) is 12.9. The number of hydrogen-bond donors (Lipinski definition) is 1. The molecule has 0 aliphatic carbocycles. The van der Waals surface area contributed by atoms with Crippen molar-refractivity contribution < 1.29 is 4.79 Å². The summed E-state index contributed by atoms with van der Waals surface area (Å²) < 4.78 is 3.90. The molecule has 0 bridgehead atoms. The molecule has 0 saturated heterocycles. The van der Waals surface area contributed by atoms with Gasteiger partial charge in [0.25, 0.3) is 5.91 Å². The van der Waals surface area contributed by atoms with Crippen LogP contribution in [-0.2, 0) is 0 Å². The van der Waals surface area contributed by atoms with Gasteiger partial charge in [-0.2, -0.15) is 0 Å². The summed E-state index contributed by atoms with van der Waals surface area (Å²) in [5, 5.41) is 7.55. The van der Waals surface area contributed by atoms with Crippen LogP contribution in [0.3, 0.4) is 0 Å². The zero-order valence-electron chi connectivity index (χ0n) is 11.7. The zero-order chi connectivity index (χ0) is 15.5. The summed E-state index contributed by atoms with van der Waals surface area (Å²) in [5.74, 6) is -0.219. The molecule has 0 radical (unpaired) electrons. The van der Waals surface area contributed by atoms with Gasteiger partial charge in [0.15, 0.2) is 0 Å². The van der Waals surface area contributed by atoms with Crippen LogP contribution in [0.1, 0.15) is 15.2 Å². The van der Waals surface area contributed by atoms with Crippen LogP contribution in [0.5, 0.6) is 0 Å². The van der Waals surface area contributed by atoms with Crippen LogP contribution in [0, 0.1) is 6.92 Å². The van der Waals surface area contributed by atoms with Crippen LogP contribution in [-0.4, -0.2) is 15.5 Å². The normalized spacial score (nSPS) is 10.5. The molecule has 6 heteroatoms. The Morgan fingerprint density at radius 1 is 1.09 bits per heavy atom. The molecule has 1 N–H and O–H groups in total. The maximum absolute atomic E-state index is 12.4. The van der Waals surface area contributed by atoms with Crippen LogP contribution < -0.4 is 5.32 Å². The zero-order valence-corrected chi connectivity index (χ0v) is 13.3. The van der Waals surface area contributed by atoms with Gasteiger partial charge in [-0.1, -0.05) is 45.9 Å². The first-order valence-corrected chi connectivity index (χ1v) is 7.75. The number of carbonyl (C=O) groups excluding carboxylic acids is 1. The number of carbonyl (C=O) groups is 1. The van der Waals surface area contributed by atoms with E-state index < -0.39 is 0 Å². The Morgan fingerprint density at radius 2 is 1.77 bits per heavy atom. The highest BCUT2D eigenvalue weighted by Crippen LogP contribution is 2.26. The van der Waals surface area contributed by atoms with Crippen molar-refractivity contribution in [1.82, 2.24) is 9.59 Å². The van der Waals surface area contributed by atoms with Gasteiger partial charge in [0.2, 0.25) is 0 Å². The summed E-state index contributed by atoms with van der Waals surface area (Å²) >= 11 is 6.96. The average molecular weight is 330 g/mol. The molecule has 0 saturated carbocycles. The van der Waals surface area contributed by atoms with Crippen molar-refractivity contribution in [2.75, 3.05) is 5.32 Å². The smallest absolute Gasteiger partial charge is 0.269 e. The number of rotatable bonds is 3. The van der Waals surface area contributed by atoms with E-state index in [1.165, 1.54) is 0 Å². The fourth-order valence-electron chi connectivity index (χ4n) is 1.96. The highest BCUT2D eigenvalue weighted by atomic mass is 35.5. The summed E-state index contributed by atoms with van der Waals surface area (Å²) in [6, 6.07) is 14.8. The van der Waals surface area contributed by atoms with Gasteiger partial charge in [-0.3, -0.25) is 4.79 Å². The first-order valence-electron chi connectivity index (χ1n) is 6.60. The van der Waals surface area contributed by atoms with E-state index in [0.29, 0.717) is 15.6 Å². The molecule has 0 unspecified atom stereocenters. The molecule has 3 aromatic rings. The Kier molecular flexibility index (Phi) is 4.18. The third-order valence-electron chi connectivity index (χ3n) is 3.12. The maximum atomic E-state index is 12.4. The molecule has 0 atom stereocenters. The average Bonchev–Trinajstić information content (AvgIpc) is 3.00. The number of nitrogens with one attached hydrogen (secondary N) is 1. The fraction of sp³-hybridized carbons (Fsp3) is 0.0625. The largest absolute Gasteiger partial charge is 0.321 e. The lowest BCUT2D eigenvalue weighted by molar-refractivity contribution is 0.103. The van der Waals surface area contributed by atoms with Gasteiger partial charge in [-0.15, -0.1) is 5.10 Å². The van der Waals surface area contributed by atoms with Crippen molar-refractivity contribution in [3.63, 3.8) is 0 Å². The minimum atomic E-state index is -0.219. The minimum Gasteiger partial charge on any atom is -0.321 e. The molecule has 3 rings (SSSR count). The number of benzene rings is 2. The lowest BCUT2D eigenvalue weighted by atomic mass is 10.1. The molecule has 0 aliphatic rings. The fourth-order valence-corrected chi connectivity index (χ4v) is 2.67. The summed E-state index contributed by atoms with van der Waals surface area (Å²) in [7, 11) is 0. The number of amides is 1. The van der Waals surface area contributed by atoms with Gasteiger partial charge in [0.05, 0.1) is 0 Å². The second-order valence-corrected chi connectivity index (χ2v) is 5.97. The molecule has 22 heavy (non-hydrogen) atoms. The molecule has 1 heterocycles. The standard InChI is InChI=1S/C16H12ClN3OS/c1-10-2-8-13(9-3-10)18-16(21)15-14(19-20-22-15)11-4-6-12(17)7-5-11/h2-9H,1H3,(H,18,21). The third-order valence-corrected chi connectivity index (χ3v) is 4.10. The monoisotopic (exact) mass is 329 g/mol. The second-order valence-electron chi connectivity index (χ2n) is 4.78. The topological polar surface area (TPSA) is 54.9 Å². The van der Waals surface area contributed by atoms with E-state index in [-0.39, 0.29) is 5.91 Å². The van der Waals surface area contributed by atoms with E-state index in [2.05, 4.69) is 14.9 Å². The molecule has 110 valence electrons. The molecule has 0 aliphatic heterocycles. The van der Waals surface area contributed by atoms with Gasteiger partial charge in [-0.05, 0) is 42.7 Å². The number of anilines is 1. The van der Waals surface area contributed by atoms with Crippen molar-refractivity contribution in [3.05, 3.63) is 64.0 Å². The van der Waals surface area contributed by atoms with Crippen LogP contribution in [0.15, 0.2) is 48.5 Å². The van der Waals surface area contributed by atoms with Crippen LogP contribution in [0.25, 0.3) is 11.3 Å². The summed E-state index contributed by atoms with van der Waals surface area (Å²) in [6.45, 7) is 2.00. The molecule has 0 fully saturated rings. The maximum Gasteiger partial charge on any atom is 0.269 e. The van der Waals surface area contributed by atoms with Crippen LogP contribution in [0.4, 0.5) is 5.69 Å². The highest BCUT2D eigenvalue weighted by Gasteiger charge is 2.17. The number of nitrogens with zero attached hydrogens (tertiary/aromatic N) is 2. The molecule has 4 nitrogen and oxygen atoms in total. The summed E-state index contributed by atoms with van der Waals surface area (Å²) in [6.07, 6.45) is 0. The number of halogens is 1. The quantitative estimate of drug-likeness (QED) is 0.774. The number of aromatic nitrogens is 2. The highest BCUT2D eigenvalue weighted by molar-refractivity contribution is 7.08. The van der Waals surface area contributed by atoms with Crippen LogP contribution >= 0.6 is 23.1 Å². The Bertz CT molecular complexity index is 797. The van der Waals surface area contributed by atoms with E-state index >= 15 is 0 Å². The first-order chi connectivity index (χ1) is 10.6. The third kappa shape index (κ3) is 3.16. The number of aryl methyl sites for hydroxylation is 1. The molecule has 2 aromatic carbocycles. The van der Waals surface area contributed by atoms with Gasteiger partial charge in [-0.25, -0.2) is 0 Å². The molecule has 1 aromatic heterocycles. The Balaban J connectivity index is 1.86. The Morgan fingerprint density at radius 3 is 2.45 bits per heavy atom. The molecular weight excluding hydrogens is 318 g/mol. The van der Waals surface area contributed by atoms with Crippen molar-refractivity contribution in [2.45, 2.75) is 6.92 Å². The first kappa shape index (κ1) is 14.7. The van der Waals surface area contributed by atoms with E-state index in [1.807, 2.05) is 43.3 Å². The van der Waals surface area contributed by atoms with Gasteiger partial charge >= 0.3 is 0 Å². The predicted molar refractivity (Wildman–Crippen MR) is 89.5 cm³/mol. The van der Waals surface area contributed by atoms with Crippen LogP contribution in [0.2, 0.25) is 5.02 Å². The molecule has 1 amide bonds. The minimum absolute atomic E-state index is 0.219. The van der Waals surface area contributed by atoms with Crippen molar-refractivity contribution in [2.24, 2.45) is 0 Å². The van der Waals surface area contributed by atoms with E-state index in [4.69, 9.17) is 11.6 Å². The predicted octanol–water partition coefficient (Wildman–Crippen LogP) is 4.42. The Hall–Kier alpha value is -2.24. The second kappa shape index (κ2) is 6.25. The SMILES string of the molecule is Cc1ccc(NC(=O)c2snnc2-c2ccc(Cl)cc2)cc1.